The van der Waals surface area contributed by atoms with Crippen LogP contribution in [0.5, 0.6) is 5.75 Å². The molecule has 4 nitrogen and oxygen atoms in total. The molecule has 1 aliphatic rings. The van der Waals surface area contributed by atoms with Crippen molar-refractivity contribution in [1.82, 2.24) is 4.98 Å². The lowest BCUT2D eigenvalue weighted by atomic mass is 10.2. The summed E-state index contributed by atoms with van der Waals surface area (Å²) in [6.45, 7) is 0. The van der Waals surface area contributed by atoms with Gasteiger partial charge in [-0.15, -0.1) is 0 Å². The van der Waals surface area contributed by atoms with Crippen LogP contribution in [0, 0.1) is 5.92 Å². The lowest BCUT2D eigenvalue weighted by molar-refractivity contribution is -0.149. The predicted octanol–water partition coefficient (Wildman–Crippen LogP) is 2.17. The molecule has 16 heavy (non-hydrogen) atoms. The topological polar surface area (TPSA) is 48.4 Å². The van der Waals surface area contributed by atoms with Gasteiger partial charge in [0.15, 0.2) is 6.10 Å². The fourth-order valence-corrected chi connectivity index (χ4v) is 1.80. The molecule has 0 N–H and O–H groups in total. The van der Waals surface area contributed by atoms with E-state index < -0.39 is 6.10 Å². The Hall–Kier alpha value is -1.10. The molecule has 1 fully saturated rings. The molecule has 0 aromatic carbocycles. The van der Waals surface area contributed by atoms with Gasteiger partial charge in [-0.05, 0) is 34.8 Å². The summed E-state index contributed by atoms with van der Waals surface area (Å²) in [5.74, 6) is 0.547. The van der Waals surface area contributed by atoms with E-state index in [1.165, 1.54) is 7.11 Å². The van der Waals surface area contributed by atoms with Gasteiger partial charge in [-0.25, -0.2) is 4.79 Å². The predicted molar refractivity (Wildman–Crippen MR) is 61.1 cm³/mol. The largest absolute Gasteiger partial charge is 0.477 e. The van der Waals surface area contributed by atoms with Crippen LogP contribution in [0.3, 0.4) is 0 Å². The molecule has 1 atom stereocenters. The first-order valence-corrected chi connectivity index (χ1v) is 5.85. The number of esters is 1. The lowest BCUT2D eigenvalue weighted by Gasteiger charge is -2.15. The van der Waals surface area contributed by atoms with Crippen LogP contribution in [0.15, 0.2) is 22.9 Å². The van der Waals surface area contributed by atoms with Crippen LogP contribution in [-0.4, -0.2) is 24.2 Å². The van der Waals surface area contributed by atoms with Gasteiger partial charge in [0.1, 0.15) is 5.75 Å². The van der Waals surface area contributed by atoms with Gasteiger partial charge in [-0.3, -0.25) is 4.98 Å². The number of hydrogen-bond acceptors (Lipinski definition) is 4. The van der Waals surface area contributed by atoms with E-state index in [0.29, 0.717) is 5.75 Å². The SMILES string of the molecule is COC(=O)C(Oc1cncc(Br)c1)C1CC1. The van der Waals surface area contributed by atoms with Crippen molar-refractivity contribution in [1.29, 1.82) is 0 Å². The van der Waals surface area contributed by atoms with Crippen molar-refractivity contribution < 1.29 is 14.3 Å². The molecule has 0 radical (unpaired) electrons. The fraction of sp³-hybridized carbons (Fsp3) is 0.455. The molecule has 1 unspecified atom stereocenters. The molecule has 1 heterocycles. The number of hydrogen-bond donors (Lipinski definition) is 0. The van der Waals surface area contributed by atoms with Crippen LogP contribution in [0.25, 0.3) is 0 Å². The second kappa shape index (κ2) is 4.82. The van der Waals surface area contributed by atoms with E-state index in [4.69, 9.17) is 9.47 Å². The Morgan fingerprint density at radius 2 is 2.31 bits per heavy atom. The number of rotatable bonds is 4. The highest BCUT2D eigenvalue weighted by Crippen LogP contribution is 2.35. The minimum absolute atomic E-state index is 0.284. The first-order valence-electron chi connectivity index (χ1n) is 5.05. The van der Waals surface area contributed by atoms with E-state index in [2.05, 4.69) is 20.9 Å². The summed E-state index contributed by atoms with van der Waals surface area (Å²) in [5, 5.41) is 0. The third kappa shape index (κ3) is 2.72. The minimum atomic E-state index is -0.499. The Kier molecular flexibility index (Phi) is 3.43. The summed E-state index contributed by atoms with van der Waals surface area (Å²) in [4.78, 5) is 15.5. The third-order valence-corrected chi connectivity index (χ3v) is 2.86. The Bertz CT molecular complexity index is 393. The van der Waals surface area contributed by atoms with Crippen molar-refractivity contribution in [2.24, 2.45) is 5.92 Å². The van der Waals surface area contributed by atoms with Gasteiger partial charge in [-0.1, -0.05) is 0 Å². The van der Waals surface area contributed by atoms with E-state index in [1.807, 2.05) is 0 Å². The van der Waals surface area contributed by atoms with Crippen molar-refractivity contribution in [3.63, 3.8) is 0 Å². The molecule has 0 saturated heterocycles. The molecule has 86 valence electrons. The van der Waals surface area contributed by atoms with E-state index in [0.717, 1.165) is 17.3 Å². The molecule has 1 aliphatic carbocycles. The molecule has 0 spiro atoms. The Labute approximate surface area is 102 Å². The number of carbonyl (C=O) groups excluding carboxylic acids is 1. The van der Waals surface area contributed by atoms with Gasteiger partial charge < -0.3 is 9.47 Å². The van der Waals surface area contributed by atoms with Crippen LogP contribution in [0.2, 0.25) is 0 Å². The zero-order valence-electron chi connectivity index (χ0n) is 8.85. The van der Waals surface area contributed by atoms with Gasteiger partial charge in [0.05, 0.1) is 13.3 Å². The fourth-order valence-electron chi connectivity index (χ4n) is 1.46. The maximum atomic E-state index is 11.5. The molecule has 0 amide bonds. The molecular formula is C11H12BrNO3. The van der Waals surface area contributed by atoms with Crippen molar-refractivity contribution in [3.05, 3.63) is 22.9 Å². The molecule has 1 aromatic rings. The summed E-state index contributed by atoms with van der Waals surface area (Å²) in [5.41, 5.74) is 0. The lowest BCUT2D eigenvalue weighted by Crippen LogP contribution is -2.30. The average Bonchev–Trinajstić information content (AvgIpc) is 3.09. The van der Waals surface area contributed by atoms with Crippen LogP contribution in [0.4, 0.5) is 0 Å². The number of pyridine rings is 1. The smallest absolute Gasteiger partial charge is 0.347 e. The zero-order chi connectivity index (χ0) is 11.5. The number of ether oxygens (including phenoxy) is 2. The van der Waals surface area contributed by atoms with E-state index in [9.17, 15) is 4.79 Å². The average molecular weight is 286 g/mol. The summed E-state index contributed by atoms with van der Waals surface area (Å²) < 4.78 is 11.1. The first-order chi connectivity index (χ1) is 7.70. The number of methoxy groups -OCH3 is 1. The molecule has 5 heteroatoms. The molecule has 2 rings (SSSR count). The van der Waals surface area contributed by atoms with Crippen molar-refractivity contribution in [3.8, 4) is 5.75 Å². The Morgan fingerprint density at radius 1 is 1.56 bits per heavy atom. The standard InChI is InChI=1S/C11H12BrNO3/c1-15-11(14)10(7-2-3-7)16-9-4-8(12)5-13-6-9/h4-7,10H,2-3H2,1H3. The molecular weight excluding hydrogens is 274 g/mol. The van der Waals surface area contributed by atoms with Crippen LogP contribution >= 0.6 is 15.9 Å². The Morgan fingerprint density at radius 3 is 2.88 bits per heavy atom. The summed E-state index contributed by atoms with van der Waals surface area (Å²) >= 11 is 3.30. The highest BCUT2D eigenvalue weighted by molar-refractivity contribution is 9.10. The summed E-state index contributed by atoms with van der Waals surface area (Å²) in [7, 11) is 1.38. The maximum Gasteiger partial charge on any atom is 0.347 e. The first kappa shape index (κ1) is 11.4. The van der Waals surface area contributed by atoms with Gasteiger partial charge in [-0.2, -0.15) is 0 Å². The monoisotopic (exact) mass is 285 g/mol. The van der Waals surface area contributed by atoms with Crippen molar-refractivity contribution in [2.45, 2.75) is 18.9 Å². The third-order valence-electron chi connectivity index (χ3n) is 2.43. The highest BCUT2D eigenvalue weighted by atomic mass is 79.9. The number of aromatic nitrogens is 1. The van der Waals surface area contributed by atoms with Crippen LogP contribution < -0.4 is 4.74 Å². The van der Waals surface area contributed by atoms with Gasteiger partial charge in [0.25, 0.3) is 0 Å². The molecule has 1 saturated carbocycles. The van der Waals surface area contributed by atoms with E-state index in [1.54, 1.807) is 18.5 Å². The van der Waals surface area contributed by atoms with E-state index in [-0.39, 0.29) is 11.9 Å². The highest BCUT2D eigenvalue weighted by Gasteiger charge is 2.39. The van der Waals surface area contributed by atoms with Crippen molar-refractivity contribution in [2.75, 3.05) is 7.11 Å². The molecule has 0 aliphatic heterocycles. The normalized spacial score (nSPS) is 16.6. The van der Waals surface area contributed by atoms with Crippen LogP contribution in [-0.2, 0) is 9.53 Å². The quantitative estimate of drug-likeness (QED) is 0.796. The number of nitrogens with zero attached hydrogens (tertiary/aromatic N) is 1. The zero-order valence-corrected chi connectivity index (χ0v) is 10.4. The van der Waals surface area contributed by atoms with Gasteiger partial charge in [0.2, 0.25) is 0 Å². The summed E-state index contributed by atoms with van der Waals surface area (Å²) in [6.07, 6.45) is 4.78. The second-order valence-corrected chi connectivity index (χ2v) is 4.65. The second-order valence-electron chi connectivity index (χ2n) is 3.74. The van der Waals surface area contributed by atoms with Gasteiger partial charge >= 0.3 is 5.97 Å². The summed E-state index contributed by atoms with van der Waals surface area (Å²) in [6, 6.07) is 1.78. The Balaban J connectivity index is 2.08. The number of halogens is 1. The van der Waals surface area contributed by atoms with E-state index >= 15 is 0 Å². The minimum Gasteiger partial charge on any atom is -0.477 e. The van der Waals surface area contributed by atoms with Crippen LogP contribution in [0.1, 0.15) is 12.8 Å². The maximum absolute atomic E-state index is 11.5. The van der Waals surface area contributed by atoms with Gasteiger partial charge in [0, 0.05) is 16.6 Å². The number of carbonyl (C=O) groups is 1. The molecule has 0 bridgehead atoms. The molecule has 1 aromatic heterocycles. The van der Waals surface area contributed by atoms with Crippen molar-refractivity contribution >= 4 is 21.9 Å².